The third kappa shape index (κ3) is 55.2. The molecule has 0 aliphatic rings. The standard InChI is InChI=1S/C3H9N2.C2H6N.V.Y/c4-2-1-3-5;1-3-2;;/h4H,1-3,5H2;1-2H3;;/q2*-1;;. The number of hydrogen-bond donors (Lipinski definition) is 1. The second kappa shape index (κ2) is 31.2. The molecule has 3 nitrogen and oxygen atoms in total. The van der Waals surface area contributed by atoms with Gasteiger partial charge < -0.3 is 16.8 Å². The van der Waals surface area contributed by atoms with Crippen molar-refractivity contribution in [2.75, 3.05) is 27.2 Å². The Labute approximate surface area is 101 Å². The van der Waals surface area contributed by atoms with E-state index >= 15 is 0 Å². The predicted molar refractivity (Wildman–Crippen MR) is 38.1 cm³/mol. The van der Waals surface area contributed by atoms with E-state index in [1.807, 2.05) is 0 Å². The van der Waals surface area contributed by atoms with Crippen LogP contribution >= 0.6 is 0 Å². The zero-order chi connectivity index (χ0) is 6.83. The fourth-order valence-corrected chi connectivity index (χ4v) is 0.102. The topological polar surface area (TPSA) is 63.9 Å². The molecule has 60 valence electrons. The van der Waals surface area contributed by atoms with Gasteiger partial charge in [0.15, 0.2) is 0 Å². The summed E-state index contributed by atoms with van der Waals surface area (Å²) in [5.74, 6) is 0. The SMILES string of the molecule is C[N-]C.[NH-]CCCN.[V].[Y]. The van der Waals surface area contributed by atoms with E-state index in [2.05, 4.69) is 5.32 Å². The Kier molecular flexibility index (Phi) is 70.4. The molecule has 0 bridgehead atoms. The van der Waals surface area contributed by atoms with Gasteiger partial charge in [-0.05, 0) is 6.54 Å². The van der Waals surface area contributed by atoms with Crippen LogP contribution in [0, 0.1) is 0 Å². The Bertz CT molecular complexity index is 30.9. The summed E-state index contributed by atoms with van der Waals surface area (Å²) in [5.41, 5.74) is 11.5. The van der Waals surface area contributed by atoms with Crippen molar-refractivity contribution in [2.45, 2.75) is 6.42 Å². The molecule has 0 atom stereocenters. The van der Waals surface area contributed by atoms with Crippen LogP contribution in [0.2, 0.25) is 0 Å². The zero-order valence-electron chi connectivity index (χ0n) is 6.67. The second-order valence-corrected chi connectivity index (χ2v) is 1.34. The van der Waals surface area contributed by atoms with Gasteiger partial charge in [0, 0.05) is 51.3 Å². The molecule has 3 N–H and O–H groups in total. The summed E-state index contributed by atoms with van der Waals surface area (Å²) >= 11 is 0. The average Bonchev–Trinajstić information content (AvgIpc) is 1.71. The molecule has 0 amide bonds. The van der Waals surface area contributed by atoms with E-state index in [1.165, 1.54) is 0 Å². The van der Waals surface area contributed by atoms with Crippen LogP contribution in [0.15, 0.2) is 0 Å². The Morgan fingerprint density at radius 2 is 1.70 bits per heavy atom. The molecule has 2 radical (unpaired) electrons. The minimum atomic E-state index is 0. The van der Waals surface area contributed by atoms with Crippen LogP contribution in [-0.2, 0) is 51.3 Å². The van der Waals surface area contributed by atoms with Gasteiger partial charge in [-0.15, -0.1) is 6.54 Å². The zero-order valence-corrected chi connectivity index (χ0v) is 10.9. The monoisotopic (exact) mass is 257 g/mol. The first-order chi connectivity index (χ1) is 3.83. The van der Waals surface area contributed by atoms with Crippen molar-refractivity contribution >= 4 is 0 Å². The molecule has 0 aliphatic carbocycles. The van der Waals surface area contributed by atoms with Crippen LogP contribution in [0.4, 0.5) is 0 Å². The fraction of sp³-hybridized carbons (Fsp3) is 1.00. The van der Waals surface area contributed by atoms with E-state index in [1.54, 1.807) is 14.1 Å². The Balaban J connectivity index is -0.0000000326. The Morgan fingerprint density at radius 1 is 1.40 bits per heavy atom. The molecule has 0 aromatic rings. The molecular formula is C5H15N3VY-2. The van der Waals surface area contributed by atoms with Crippen LogP contribution < -0.4 is 5.73 Å². The molecule has 0 aliphatic heterocycles. The minimum Gasteiger partial charge on any atom is -0.677 e. The fourth-order valence-electron chi connectivity index (χ4n) is 0.102. The molecule has 0 unspecified atom stereocenters. The summed E-state index contributed by atoms with van der Waals surface area (Å²) in [6.45, 7) is 1.12. The van der Waals surface area contributed by atoms with Crippen molar-refractivity contribution < 1.29 is 51.3 Å². The van der Waals surface area contributed by atoms with Crippen LogP contribution in [0.3, 0.4) is 0 Å². The molecule has 0 aromatic carbocycles. The van der Waals surface area contributed by atoms with Crippen LogP contribution in [-0.4, -0.2) is 27.2 Å². The van der Waals surface area contributed by atoms with Crippen molar-refractivity contribution in [3.05, 3.63) is 11.1 Å². The average molecular weight is 257 g/mol. The molecule has 5 heteroatoms. The van der Waals surface area contributed by atoms with Crippen molar-refractivity contribution in [3.63, 3.8) is 0 Å². The number of nitrogens with one attached hydrogen (secondary N) is 1. The molecule has 0 saturated heterocycles. The number of rotatable bonds is 2. The summed E-state index contributed by atoms with van der Waals surface area (Å²) in [4.78, 5) is 0. The minimum absolute atomic E-state index is 0. The van der Waals surface area contributed by atoms with Crippen molar-refractivity contribution in [2.24, 2.45) is 5.73 Å². The van der Waals surface area contributed by atoms with Gasteiger partial charge in [-0.25, -0.2) is 0 Å². The van der Waals surface area contributed by atoms with Gasteiger partial charge >= 0.3 is 0 Å². The molecule has 0 fully saturated rings. The van der Waals surface area contributed by atoms with E-state index in [0.717, 1.165) is 6.42 Å². The van der Waals surface area contributed by atoms with Crippen LogP contribution in [0.25, 0.3) is 11.1 Å². The maximum absolute atomic E-state index is 6.52. The van der Waals surface area contributed by atoms with E-state index in [-0.39, 0.29) is 51.3 Å². The smallest absolute Gasteiger partial charge is 0 e. The molecule has 0 aromatic heterocycles. The molecular weight excluding hydrogens is 242 g/mol. The number of nitrogens with zero attached hydrogens (tertiary/aromatic N) is 1. The van der Waals surface area contributed by atoms with Crippen LogP contribution in [0.5, 0.6) is 0 Å². The van der Waals surface area contributed by atoms with Crippen molar-refractivity contribution in [1.29, 1.82) is 0 Å². The largest absolute Gasteiger partial charge is 0.677 e. The first kappa shape index (κ1) is 22.6. The van der Waals surface area contributed by atoms with E-state index in [0.29, 0.717) is 13.1 Å². The molecule has 10 heavy (non-hydrogen) atoms. The van der Waals surface area contributed by atoms with Gasteiger partial charge in [0.25, 0.3) is 0 Å². The molecule has 0 spiro atoms. The summed E-state index contributed by atoms with van der Waals surface area (Å²) in [6, 6.07) is 0. The van der Waals surface area contributed by atoms with Gasteiger partial charge in [-0.1, -0.05) is 6.42 Å². The van der Waals surface area contributed by atoms with Gasteiger partial charge in [0.05, 0.1) is 0 Å². The molecule has 0 heterocycles. The Hall–Kier alpha value is 1.57. The molecule has 0 rings (SSSR count). The summed E-state index contributed by atoms with van der Waals surface area (Å²) in [6.07, 6.45) is 0.833. The third-order valence-electron chi connectivity index (χ3n) is 0.381. The van der Waals surface area contributed by atoms with Crippen molar-refractivity contribution in [1.82, 2.24) is 0 Å². The summed E-state index contributed by atoms with van der Waals surface area (Å²) in [5, 5.41) is 3.50. The summed E-state index contributed by atoms with van der Waals surface area (Å²) < 4.78 is 0. The predicted octanol–water partition coefficient (Wildman–Crippen LogP) is 1.00. The second-order valence-electron chi connectivity index (χ2n) is 1.34. The molecule has 0 saturated carbocycles. The first-order valence-corrected chi connectivity index (χ1v) is 2.66. The normalized spacial score (nSPS) is 6.00. The van der Waals surface area contributed by atoms with Crippen molar-refractivity contribution in [3.8, 4) is 0 Å². The maximum Gasteiger partial charge on any atom is 0 e. The van der Waals surface area contributed by atoms with Gasteiger partial charge in [0.2, 0.25) is 0 Å². The first-order valence-electron chi connectivity index (χ1n) is 2.66. The van der Waals surface area contributed by atoms with Gasteiger partial charge in [-0.2, -0.15) is 14.1 Å². The van der Waals surface area contributed by atoms with Crippen LogP contribution in [0.1, 0.15) is 6.42 Å². The maximum atomic E-state index is 6.52. The summed E-state index contributed by atoms with van der Waals surface area (Å²) in [7, 11) is 3.50. The number of nitrogens with two attached hydrogens (primary N) is 1. The Morgan fingerprint density at radius 3 is 1.70 bits per heavy atom. The quantitative estimate of drug-likeness (QED) is 0.788. The van der Waals surface area contributed by atoms with E-state index in [4.69, 9.17) is 11.5 Å². The third-order valence-corrected chi connectivity index (χ3v) is 0.381. The van der Waals surface area contributed by atoms with E-state index in [9.17, 15) is 0 Å². The number of hydrogen-bond acceptors (Lipinski definition) is 1. The van der Waals surface area contributed by atoms with Gasteiger partial charge in [0.1, 0.15) is 0 Å². The van der Waals surface area contributed by atoms with Gasteiger partial charge in [-0.3, -0.25) is 0 Å². The van der Waals surface area contributed by atoms with E-state index < -0.39 is 0 Å².